The molecule has 2 unspecified atom stereocenters. The predicted molar refractivity (Wildman–Crippen MR) is 68.1 cm³/mol. The fourth-order valence-electron chi connectivity index (χ4n) is 2.70. The van der Waals surface area contributed by atoms with E-state index in [2.05, 4.69) is 26.1 Å². The summed E-state index contributed by atoms with van der Waals surface area (Å²) in [6.45, 7) is 8.16. The summed E-state index contributed by atoms with van der Waals surface area (Å²) in [4.78, 5) is 0. The maximum Gasteiger partial charge on any atom is 0.00953 e. The van der Waals surface area contributed by atoms with Gasteiger partial charge in [0.25, 0.3) is 0 Å². The highest BCUT2D eigenvalue weighted by Gasteiger charge is 2.23. The van der Waals surface area contributed by atoms with E-state index in [1.54, 1.807) is 0 Å². The number of hydrogen-bond acceptors (Lipinski definition) is 1. The van der Waals surface area contributed by atoms with E-state index in [0.717, 1.165) is 17.9 Å². The molecule has 1 fully saturated rings. The molecule has 0 heterocycles. The Bertz CT molecular complexity index is 153. The third kappa shape index (κ3) is 5.01. The maximum absolute atomic E-state index is 3.75. The Kier molecular flexibility index (Phi) is 6.31. The number of rotatable bonds is 6. The lowest BCUT2D eigenvalue weighted by Crippen LogP contribution is -2.39. The molecular formula is C14H29N. The highest BCUT2D eigenvalue weighted by molar-refractivity contribution is 4.80. The van der Waals surface area contributed by atoms with Crippen molar-refractivity contribution in [1.82, 2.24) is 5.32 Å². The van der Waals surface area contributed by atoms with Crippen molar-refractivity contribution in [3.63, 3.8) is 0 Å². The summed E-state index contributed by atoms with van der Waals surface area (Å²) < 4.78 is 0. The summed E-state index contributed by atoms with van der Waals surface area (Å²) in [6, 6.07) is 0.831. The van der Waals surface area contributed by atoms with Gasteiger partial charge in [-0.3, -0.25) is 0 Å². The molecule has 1 rings (SSSR count). The summed E-state index contributed by atoms with van der Waals surface area (Å²) in [5, 5.41) is 3.75. The minimum absolute atomic E-state index is 0.831. The lowest BCUT2D eigenvalue weighted by Gasteiger charge is -2.33. The SMILES string of the molecule is CCCNC1CCCCC1CCC(C)C. The van der Waals surface area contributed by atoms with Crippen LogP contribution in [0.25, 0.3) is 0 Å². The van der Waals surface area contributed by atoms with Crippen LogP contribution in [0.4, 0.5) is 0 Å². The molecule has 0 bridgehead atoms. The second kappa shape index (κ2) is 7.27. The molecule has 1 saturated carbocycles. The van der Waals surface area contributed by atoms with Gasteiger partial charge in [-0.25, -0.2) is 0 Å². The van der Waals surface area contributed by atoms with Crippen LogP contribution in [-0.4, -0.2) is 12.6 Å². The van der Waals surface area contributed by atoms with E-state index < -0.39 is 0 Å². The standard InChI is InChI=1S/C14H29N/c1-4-11-15-14-8-6-5-7-13(14)10-9-12(2)3/h12-15H,4-11H2,1-3H3. The lowest BCUT2D eigenvalue weighted by atomic mass is 9.80. The van der Waals surface area contributed by atoms with Crippen molar-refractivity contribution in [3.8, 4) is 0 Å². The first kappa shape index (κ1) is 13.0. The smallest absolute Gasteiger partial charge is 0.00953 e. The van der Waals surface area contributed by atoms with Crippen molar-refractivity contribution in [2.75, 3.05) is 6.54 Å². The average molecular weight is 211 g/mol. The molecule has 15 heavy (non-hydrogen) atoms. The summed E-state index contributed by atoms with van der Waals surface area (Å²) in [7, 11) is 0. The Morgan fingerprint density at radius 1 is 1.20 bits per heavy atom. The molecule has 1 aliphatic carbocycles. The largest absolute Gasteiger partial charge is 0.314 e. The van der Waals surface area contributed by atoms with Crippen molar-refractivity contribution in [1.29, 1.82) is 0 Å². The normalized spacial score (nSPS) is 27.2. The second-order valence-corrected chi connectivity index (χ2v) is 5.58. The van der Waals surface area contributed by atoms with Crippen LogP contribution in [0.1, 0.15) is 65.7 Å². The molecule has 2 atom stereocenters. The Hall–Kier alpha value is -0.0400. The molecular weight excluding hydrogens is 182 g/mol. The first-order chi connectivity index (χ1) is 7.24. The van der Waals surface area contributed by atoms with Crippen LogP contribution < -0.4 is 5.32 Å². The van der Waals surface area contributed by atoms with Gasteiger partial charge in [-0.2, -0.15) is 0 Å². The van der Waals surface area contributed by atoms with Crippen LogP contribution in [0.5, 0.6) is 0 Å². The zero-order valence-corrected chi connectivity index (χ0v) is 10.9. The molecule has 0 aromatic rings. The van der Waals surface area contributed by atoms with Crippen LogP contribution >= 0.6 is 0 Å². The third-order valence-electron chi connectivity index (χ3n) is 3.68. The Balaban J connectivity index is 2.29. The van der Waals surface area contributed by atoms with Gasteiger partial charge in [-0.05, 0) is 44.1 Å². The molecule has 0 aromatic carbocycles. The third-order valence-corrected chi connectivity index (χ3v) is 3.68. The van der Waals surface area contributed by atoms with Gasteiger partial charge in [0, 0.05) is 6.04 Å². The zero-order valence-electron chi connectivity index (χ0n) is 10.9. The lowest BCUT2D eigenvalue weighted by molar-refractivity contribution is 0.238. The predicted octanol–water partition coefficient (Wildman–Crippen LogP) is 3.98. The van der Waals surface area contributed by atoms with Crippen molar-refractivity contribution in [3.05, 3.63) is 0 Å². The van der Waals surface area contributed by atoms with E-state index >= 15 is 0 Å². The molecule has 0 aliphatic heterocycles. The minimum Gasteiger partial charge on any atom is -0.314 e. The van der Waals surface area contributed by atoms with E-state index in [1.807, 2.05) is 0 Å². The van der Waals surface area contributed by atoms with Crippen molar-refractivity contribution in [2.24, 2.45) is 11.8 Å². The number of hydrogen-bond donors (Lipinski definition) is 1. The highest BCUT2D eigenvalue weighted by atomic mass is 14.9. The summed E-state index contributed by atoms with van der Waals surface area (Å²) >= 11 is 0. The molecule has 0 saturated heterocycles. The minimum atomic E-state index is 0.831. The van der Waals surface area contributed by atoms with Gasteiger partial charge in [0.15, 0.2) is 0 Å². The molecule has 0 amide bonds. The van der Waals surface area contributed by atoms with Crippen molar-refractivity contribution in [2.45, 2.75) is 71.8 Å². The van der Waals surface area contributed by atoms with Gasteiger partial charge in [-0.1, -0.05) is 40.0 Å². The Morgan fingerprint density at radius 3 is 2.60 bits per heavy atom. The molecule has 0 spiro atoms. The van der Waals surface area contributed by atoms with Gasteiger partial charge < -0.3 is 5.32 Å². The molecule has 0 radical (unpaired) electrons. The van der Waals surface area contributed by atoms with E-state index in [4.69, 9.17) is 0 Å². The quantitative estimate of drug-likeness (QED) is 0.700. The monoisotopic (exact) mass is 211 g/mol. The van der Waals surface area contributed by atoms with Gasteiger partial charge in [0.2, 0.25) is 0 Å². The molecule has 0 aromatic heterocycles. The molecule has 1 N–H and O–H groups in total. The highest BCUT2D eigenvalue weighted by Crippen LogP contribution is 2.29. The maximum atomic E-state index is 3.75. The first-order valence-corrected chi connectivity index (χ1v) is 6.97. The average Bonchev–Trinajstić information content (AvgIpc) is 2.24. The van der Waals surface area contributed by atoms with Gasteiger partial charge >= 0.3 is 0 Å². The van der Waals surface area contributed by atoms with E-state index in [9.17, 15) is 0 Å². The Labute approximate surface area is 96.0 Å². The van der Waals surface area contributed by atoms with Gasteiger partial charge in [0.1, 0.15) is 0 Å². The van der Waals surface area contributed by atoms with Crippen LogP contribution in [0.15, 0.2) is 0 Å². The van der Waals surface area contributed by atoms with Crippen LogP contribution in [0.2, 0.25) is 0 Å². The fourth-order valence-corrected chi connectivity index (χ4v) is 2.70. The molecule has 1 aliphatic rings. The topological polar surface area (TPSA) is 12.0 Å². The van der Waals surface area contributed by atoms with Gasteiger partial charge in [0.05, 0.1) is 0 Å². The van der Waals surface area contributed by atoms with Gasteiger partial charge in [-0.15, -0.1) is 0 Å². The van der Waals surface area contributed by atoms with E-state index in [-0.39, 0.29) is 0 Å². The van der Waals surface area contributed by atoms with Crippen LogP contribution in [0, 0.1) is 11.8 Å². The van der Waals surface area contributed by atoms with E-state index in [0.29, 0.717) is 0 Å². The fraction of sp³-hybridized carbons (Fsp3) is 1.00. The number of nitrogens with one attached hydrogen (secondary N) is 1. The molecule has 1 nitrogen and oxygen atoms in total. The summed E-state index contributed by atoms with van der Waals surface area (Å²) in [5.41, 5.74) is 0. The van der Waals surface area contributed by atoms with E-state index in [1.165, 1.54) is 51.5 Å². The zero-order chi connectivity index (χ0) is 11.1. The van der Waals surface area contributed by atoms with Crippen LogP contribution in [0.3, 0.4) is 0 Å². The molecule has 90 valence electrons. The van der Waals surface area contributed by atoms with Crippen molar-refractivity contribution >= 4 is 0 Å². The van der Waals surface area contributed by atoms with Crippen LogP contribution in [-0.2, 0) is 0 Å². The second-order valence-electron chi connectivity index (χ2n) is 5.58. The summed E-state index contributed by atoms with van der Waals surface area (Å²) in [5.74, 6) is 1.84. The Morgan fingerprint density at radius 2 is 1.93 bits per heavy atom. The van der Waals surface area contributed by atoms with Crippen molar-refractivity contribution < 1.29 is 0 Å². The first-order valence-electron chi connectivity index (χ1n) is 6.97. The summed E-state index contributed by atoms with van der Waals surface area (Å²) in [6.07, 6.45) is 9.92. The molecule has 1 heteroatoms.